The molecule has 5 nitrogen and oxygen atoms in total. The van der Waals surface area contributed by atoms with E-state index in [-0.39, 0.29) is 29.0 Å². The van der Waals surface area contributed by atoms with Crippen molar-refractivity contribution in [2.75, 3.05) is 26.2 Å². The first-order valence-electron chi connectivity index (χ1n) is 9.90. The third kappa shape index (κ3) is 5.00. The molecule has 29 heavy (non-hydrogen) atoms. The number of rotatable bonds is 4. The van der Waals surface area contributed by atoms with Gasteiger partial charge in [-0.05, 0) is 67.6 Å². The fraction of sp³-hybridized carbons (Fsp3) is 0.409. The molecule has 2 saturated heterocycles. The Bertz CT molecular complexity index is 918. The van der Waals surface area contributed by atoms with E-state index < -0.39 is 9.84 Å². The number of sulfone groups is 1. The molecule has 0 bridgehead atoms. The summed E-state index contributed by atoms with van der Waals surface area (Å²) in [5.74, 6) is 1.30. The molecule has 0 radical (unpaired) electrons. The maximum absolute atomic E-state index is 12.9. The lowest BCUT2D eigenvalue weighted by Gasteiger charge is -2.21. The Kier molecular flexibility index (Phi) is 6.98. The predicted octanol–water partition coefficient (Wildman–Crippen LogP) is 3.15. The van der Waals surface area contributed by atoms with E-state index in [1.807, 2.05) is 23.1 Å². The molecule has 0 spiro atoms. The van der Waals surface area contributed by atoms with Gasteiger partial charge in [0.1, 0.15) is 0 Å². The molecule has 2 heterocycles. The van der Waals surface area contributed by atoms with Gasteiger partial charge in [0.05, 0.1) is 10.6 Å². The first-order valence-corrected chi connectivity index (χ1v) is 11.5. The number of hydrogen-bond donors (Lipinski definition) is 1. The van der Waals surface area contributed by atoms with Crippen molar-refractivity contribution in [2.45, 2.75) is 23.5 Å². The molecule has 7 heteroatoms. The van der Waals surface area contributed by atoms with Crippen molar-refractivity contribution < 1.29 is 13.2 Å². The van der Waals surface area contributed by atoms with E-state index in [4.69, 9.17) is 0 Å². The lowest BCUT2D eigenvalue weighted by molar-refractivity contribution is 0.0758. The highest BCUT2D eigenvalue weighted by Gasteiger charge is 2.31. The van der Waals surface area contributed by atoms with Crippen LogP contribution in [0.15, 0.2) is 59.5 Å². The molecule has 2 fully saturated rings. The minimum absolute atomic E-state index is 0. The van der Waals surface area contributed by atoms with Crippen molar-refractivity contribution in [1.82, 2.24) is 10.2 Å². The van der Waals surface area contributed by atoms with Gasteiger partial charge in [-0.15, -0.1) is 12.4 Å². The Morgan fingerprint density at radius 3 is 2.10 bits per heavy atom. The summed E-state index contributed by atoms with van der Waals surface area (Å²) in [4.78, 5) is 15.1. The summed E-state index contributed by atoms with van der Waals surface area (Å²) < 4.78 is 25.3. The van der Waals surface area contributed by atoms with Gasteiger partial charge in [0, 0.05) is 18.7 Å². The highest BCUT2D eigenvalue weighted by Crippen LogP contribution is 2.28. The molecule has 1 N–H and O–H groups in total. The monoisotopic (exact) mass is 434 g/mol. The molecular weight excluding hydrogens is 408 g/mol. The molecule has 0 saturated carbocycles. The van der Waals surface area contributed by atoms with Crippen LogP contribution < -0.4 is 5.32 Å². The molecule has 4 rings (SSSR count). The molecule has 1 amide bonds. The molecule has 2 aromatic rings. The molecule has 2 aliphatic heterocycles. The number of benzene rings is 2. The van der Waals surface area contributed by atoms with Crippen molar-refractivity contribution >= 4 is 28.2 Å². The third-order valence-corrected chi connectivity index (χ3v) is 7.67. The SMILES string of the molecule is Cl.O=C(c1ccc(S(=O)(=O)Cc2ccccc2)cc1)N1CC[C@@H]2CNC[C@@H]2CC1. The number of fused-ring (bicyclic) bond motifs is 1. The smallest absolute Gasteiger partial charge is 0.253 e. The van der Waals surface area contributed by atoms with E-state index in [1.54, 1.807) is 36.4 Å². The lowest BCUT2D eigenvalue weighted by atomic mass is 9.92. The Balaban J connectivity index is 0.00000240. The van der Waals surface area contributed by atoms with Gasteiger partial charge in [-0.25, -0.2) is 8.42 Å². The second-order valence-electron chi connectivity index (χ2n) is 7.82. The van der Waals surface area contributed by atoms with Crippen LogP contribution in [0, 0.1) is 11.8 Å². The molecule has 2 aliphatic rings. The number of likely N-dealkylation sites (tertiary alicyclic amines) is 1. The summed E-state index contributed by atoms with van der Waals surface area (Å²) in [6.45, 7) is 3.66. The Labute approximate surface area is 178 Å². The van der Waals surface area contributed by atoms with E-state index >= 15 is 0 Å². The van der Waals surface area contributed by atoms with Gasteiger partial charge in [0.25, 0.3) is 5.91 Å². The highest BCUT2D eigenvalue weighted by atomic mass is 35.5. The van der Waals surface area contributed by atoms with E-state index in [9.17, 15) is 13.2 Å². The van der Waals surface area contributed by atoms with E-state index in [1.165, 1.54) is 0 Å². The summed E-state index contributed by atoms with van der Waals surface area (Å²) in [6, 6.07) is 15.5. The van der Waals surface area contributed by atoms with Crippen LogP contribution in [-0.2, 0) is 15.6 Å². The van der Waals surface area contributed by atoms with Gasteiger partial charge >= 0.3 is 0 Å². The summed E-state index contributed by atoms with van der Waals surface area (Å²) in [6.07, 6.45) is 2.07. The first-order chi connectivity index (χ1) is 13.5. The fourth-order valence-electron chi connectivity index (χ4n) is 4.29. The standard InChI is InChI=1S/C22H26N2O3S.ClH/c25-22(24-12-10-19-14-23-15-20(19)11-13-24)18-6-8-21(9-7-18)28(26,27)16-17-4-2-1-3-5-17;/h1-9,19-20,23H,10-16H2;1H/t19-,20+;. The molecule has 0 unspecified atom stereocenters. The maximum Gasteiger partial charge on any atom is 0.253 e. The van der Waals surface area contributed by atoms with Crippen molar-refractivity contribution in [3.63, 3.8) is 0 Å². The van der Waals surface area contributed by atoms with Gasteiger partial charge in [-0.3, -0.25) is 4.79 Å². The maximum atomic E-state index is 12.9. The summed E-state index contributed by atoms with van der Waals surface area (Å²) in [7, 11) is -3.43. The Morgan fingerprint density at radius 2 is 1.52 bits per heavy atom. The summed E-state index contributed by atoms with van der Waals surface area (Å²) >= 11 is 0. The zero-order valence-electron chi connectivity index (χ0n) is 16.3. The molecular formula is C22H27ClN2O3S. The third-order valence-electron chi connectivity index (χ3n) is 5.97. The Morgan fingerprint density at radius 1 is 0.931 bits per heavy atom. The molecule has 156 valence electrons. The van der Waals surface area contributed by atoms with Crippen LogP contribution in [0.3, 0.4) is 0 Å². The predicted molar refractivity (Wildman–Crippen MR) is 116 cm³/mol. The van der Waals surface area contributed by atoms with Crippen LogP contribution in [0.5, 0.6) is 0 Å². The van der Waals surface area contributed by atoms with Crippen molar-refractivity contribution in [2.24, 2.45) is 11.8 Å². The van der Waals surface area contributed by atoms with E-state index in [2.05, 4.69) is 5.32 Å². The molecule has 2 aromatic carbocycles. The minimum Gasteiger partial charge on any atom is -0.339 e. The van der Waals surface area contributed by atoms with Gasteiger partial charge in [0.2, 0.25) is 0 Å². The van der Waals surface area contributed by atoms with Crippen LogP contribution in [0.4, 0.5) is 0 Å². The normalized spacial score (nSPS) is 21.7. The number of nitrogens with one attached hydrogen (secondary N) is 1. The number of amides is 1. The Hall–Kier alpha value is -1.89. The largest absolute Gasteiger partial charge is 0.339 e. The molecule has 0 aliphatic carbocycles. The quantitative estimate of drug-likeness (QED) is 0.802. The zero-order valence-corrected chi connectivity index (χ0v) is 17.9. The molecule has 2 atom stereocenters. The topological polar surface area (TPSA) is 66.5 Å². The van der Waals surface area contributed by atoms with Crippen LogP contribution in [0.2, 0.25) is 0 Å². The zero-order chi connectivity index (χ0) is 19.6. The number of hydrogen-bond acceptors (Lipinski definition) is 4. The van der Waals surface area contributed by atoms with Crippen LogP contribution >= 0.6 is 12.4 Å². The van der Waals surface area contributed by atoms with Gasteiger partial charge in [0.15, 0.2) is 9.84 Å². The number of nitrogens with zero attached hydrogens (tertiary/aromatic N) is 1. The van der Waals surface area contributed by atoms with Crippen molar-refractivity contribution in [3.8, 4) is 0 Å². The van der Waals surface area contributed by atoms with Gasteiger partial charge in [-0.1, -0.05) is 30.3 Å². The van der Waals surface area contributed by atoms with Crippen molar-refractivity contribution in [1.29, 1.82) is 0 Å². The van der Waals surface area contributed by atoms with E-state index in [0.29, 0.717) is 17.4 Å². The van der Waals surface area contributed by atoms with Crippen molar-refractivity contribution in [3.05, 3.63) is 65.7 Å². The summed E-state index contributed by atoms with van der Waals surface area (Å²) in [5.41, 5.74) is 1.32. The average Bonchev–Trinajstić information content (AvgIpc) is 3.06. The number of halogens is 1. The molecule has 0 aromatic heterocycles. The highest BCUT2D eigenvalue weighted by molar-refractivity contribution is 7.90. The number of carbonyl (C=O) groups is 1. The van der Waals surface area contributed by atoms with Crippen LogP contribution in [0.1, 0.15) is 28.8 Å². The lowest BCUT2D eigenvalue weighted by Crippen LogP contribution is -2.32. The second kappa shape index (κ2) is 9.28. The van der Waals surface area contributed by atoms with Crippen LogP contribution in [-0.4, -0.2) is 45.4 Å². The van der Waals surface area contributed by atoms with Gasteiger partial charge in [-0.2, -0.15) is 0 Å². The van der Waals surface area contributed by atoms with Gasteiger partial charge < -0.3 is 10.2 Å². The first kappa shape index (κ1) is 21.8. The van der Waals surface area contributed by atoms with E-state index in [0.717, 1.165) is 44.6 Å². The number of carbonyl (C=O) groups excluding carboxylic acids is 1. The fourth-order valence-corrected chi connectivity index (χ4v) is 5.63. The minimum atomic E-state index is -3.43. The average molecular weight is 435 g/mol. The summed E-state index contributed by atoms with van der Waals surface area (Å²) in [5, 5.41) is 3.45. The van der Waals surface area contributed by atoms with Crippen LogP contribution in [0.25, 0.3) is 0 Å². The second-order valence-corrected chi connectivity index (χ2v) is 9.81.